The Labute approximate surface area is 124 Å². The zero-order chi connectivity index (χ0) is 14.8. The summed E-state index contributed by atoms with van der Waals surface area (Å²) in [6.45, 7) is 4.21. The summed E-state index contributed by atoms with van der Waals surface area (Å²) in [6.07, 6.45) is 2.44. The largest absolute Gasteiger partial charge is 0.332 e. The average Bonchev–Trinajstić information content (AvgIpc) is 3.11. The van der Waals surface area contributed by atoms with Crippen molar-refractivity contribution in [3.63, 3.8) is 0 Å². The lowest BCUT2D eigenvalue weighted by atomic mass is 10.2. The molecule has 5 nitrogen and oxygen atoms in total. The molecule has 0 radical (unpaired) electrons. The summed E-state index contributed by atoms with van der Waals surface area (Å²) in [7, 11) is 0. The molecule has 0 spiro atoms. The van der Waals surface area contributed by atoms with Gasteiger partial charge in [0, 0.05) is 26.1 Å². The van der Waals surface area contributed by atoms with Crippen LogP contribution in [0.25, 0.3) is 11.0 Å². The molecular weight excluding hydrogens is 264 g/mol. The molecule has 2 heterocycles. The fourth-order valence-electron chi connectivity index (χ4n) is 3.28. The highest BCUT2D eigenvalue weighted by Crippen LogP contribution is 2.33. The fraction of sp³-hybridized carbons (Fsp3) is 0.500. The zero-order valence-electron chi connectivity index (χ0n) is 12.5. The van der Waals surface area contributed by atoms with Gasteiger partial charge in [-0.05, 0) is 31.9 Å². The molecule has 1 amide bonds. The van der Waals surface area contributed by atoms with E-state index in [2.05, 4.69) is 17.6 Å². The lowest BCUT2D eigenvalue weighted by molar-refractivity contribution is -0.132. The SMILES string of the molecule is CCn1c(C2CCCN2C(=O)CCN)nc2ccccc21. The Bertz CT molecular complexity index is 649. The predicted octanol–water partition coefficient (Wildman–Crippen LogP) is 2.07. The average molecular weight is 286 g/mol. The quantitative estimate of drug-likeness (QED) is 0.935. The number of hydrogen-bond donors (Lipinski definition) is 1. The van der Waals surface area contributed by atoms with Crippen LogP contribution in [0, 0.1) is 0 Å². The van der Waals surface area contributed by atoms with E-state index in [4.69, 9.17) is 10.7 Å². The summed E-state index contributed by atoms with van der Waals surface area (Å²) in [4.78, 5) is 19.0. The minimum Gasteiger partial charge on any atom is -0.332 e. The van der Waals surface area contributed by atoms with Gasteiger partial charge in [-0.15, -0.1) is 0 Å². The van der Waals surface area contributed by atoms with Crippen LogP contribution in [0.15, 0.2) is 24.3 Å². The van der Waals surface area contributed by atoms with E-state index >= 15 is 0 Å². The molecule has 1 fully saturated rings. The van der Waals surface area contributed by atoms with Crippen LogP contribution in [0.1, 0.15) is 38.1 Å². The Morgan fingerprint density at radius 3 is 3.00 bits per heavy atom. The van der Waals surface area contributed by atoms with Crippen LogP contribution in [0.4, 0.5) is 0 Å². The monoisotopic (exact) mass is 286 g/mol. The Hall–Kier alpha value is -1.88. The van der Waals surface area contributed by atoms with Crippen molar-refractivity contribution >= 4 is 16.9 Å². The van der Waals surface area contributed by atoms with E-state index in [0.29, 0.717) is 13.0 Å². The number of para-hydroxylation sites is 2. The van der Waals surface area contributed by atoms with Gasteiger partial charge in [0.25, 0.3) is 0 Å². The minimum atomic E-state index is 0.0939. The van der Waals surface area contributed by atoms with E-state index in [1.165, 1.54) is 0 Å². The van der Waals surface area contributed by atoms with Crippen LogP contribution in [0.5, 0.6) is 0 Å². The number of likely N-dealkylation sites (tertiary alicyclic amines) is 1. The Kier molecular flexibility index (Phi) is 3.92. The normalized spacial score (nSPS) is 18.6. The molecule has 1 saturated heterocycles. The van der Waals surface area contributed by atoms with Gasteiger partial charge in [0.05, 0.1) is 17.1 Å². The van der Waals surface area contributed by atoms with E-state index in [1.807, 2.05) is 23.1 Å². The number of nitrogens with zero attached hydrogens (tertiary/aromatic N) is 3. The highest BCUT2D eigenvalue weighted by molar-refractivity contribution is 5.78. The summed E-state index contributed by atoms with van der Waals surface area (Å²) in [5.74, 6) is 1.16. The van der Waals surface area contributed by atoms with E-state index in [-0.39, 0.29) is 11.9 Å². The summed E-state index contributed by atoms with van der Waals surface area (Å²) >= 11 is 0. The minimum absolute atomic E-state index is 0.0939. The number of aromatic nitrogens is 2. The van der Waals surface area contributed by atoms with Gasteiger partial charge in [-0.2, -0.15) is 0 Å². The van der Waals surface area contributed by atoms with Gasteiger partial charge in [0.15, 0.2) is 0 Å². The second-order valence-electron chi connectivity index (χ2n) is 5.49. The number of rotatable bonds is 4. The lowest BCUT2D eigenvalue weighted by Gasteiger charge is -2.24. The van der Waals surface area contributed by atoms with Crippen molar-refractivity contribution in [1.29, 1.82) is 0 Å². The molecule has 1 aliphatic heterocycles. The summed E-state index contributed by atoms with van der Waals surface area (Å²) in [6, 6.07) is 8.26. The number of imidazole rings is 1. The second-order valence-corrected chi connectivity index (χ2v) is 5.49. The van der Waals surface area contributed by atoms with Crippen molar-refractivity contribution in [2.45, 2.75) is 38.8 Å². The molecule has 1 atom stereocenters. The molecule has 0 saturated carbocycles. The first-order valence-electron chi connectivity index (χ1n) is 7.71. The Balaban J connectivity index is 2.00. The van der Waals surface area contributed by atoms with Gasteiger partial charge < -0.3 is 15.2 Å². The first kappa shape index (κ1) is 14.1. The second kappa shape index (κ2) is 5.85. The van der Waals surface area contributed by atoms with Gasteiger partial charge in [-0.1, -0.05) is 12.1 Å². The lowest BCUT2D eigenvalue weighted by Crippen LogP contribution is -2.33. The first-order valence-corrected chi connectivity index (χ1v) is 7.71. The van der Waals surface area contributed by atoms with Crippen LogP contribution in [0.2, 0.25) is 0 Å². The van der Waals surface area contributed by atoms with Crippen molar-refractivity contribution in [2.24, 2.45) is 5.73 Å². The number of carbonyl (C=O) groups excluding carboxylic acids is 1. The molecule has 112 valence electrons. The maximum Gasteiger partial charge on any atom is 0.224 e. The third-order valence-electron chi connectivity index (χ3n) is 4.23. The van der Waals surface area contributed by atoms with Gasteiger partial charge >= 0.3 is 0 Å². The Morgan fingerprint density at radius 2 is 2.24 bits per heavy atom. The number of amides is 1. The first-order chi connectivity index (χ1) is 10.3. The van der Waals surface area contributed by atoms with Crippen LogP contribution in [-0.2, 0) is 11.3 Å². The molecule has 1 aromatic heterocycles. The Morgan fingerprint density at radius 1 is 1.43 bits per heavy atom. The highest BCUT2D eigenvalue weighted by atomic mass is 16.2. The van der Waals surface area contributed by atoms with Crippen molar-refractivity contribution in [3.05, 3.63) is 30.1 Å². The van der Waals surface area contributed by atoms with Crippen molar-refractivity contribution in [1.82, 2.24) is 14.5 Å². The fourth-order valence-corrected chi connectivity index (χ4v) is 3.28. The summed E-state index contributed by atoms with van der Waals surface area (Å²) < 4.78 is 2.23. The van der Waals surface area contributed by atoms with E-state index in [0.717, 1.165) is 42.8 Å². The smallest absolute Gasteiger partial charge is 0.224 e. The van der Waals surface area contributed by atoms with Crippen LogP contribution in [-0.4, -0.2) is 33.4 Å². The molecule has 0 bridgehead atoms. The van der Waals surface area contributed by atoms with Gasteiger partial charge in [0.1, 0.15) is 5.82 Å². The third-order valence-corrected chi connectivity index (χ3v) is 4.23. The highest BCUT2D eigenvalue weighted by Gasteiger charge is 2.32. The molecule has 21 heavy (non-hydrogen) atoms. The van der Waals surface area contributed by atoms with Gasteiger partial charge in [-0.3, -0.25) is 4.79 Å². The van der Waals surface area contributed by atoms with Gasteiger partial charge in [0.2, 0.25) is 5.91 Å². The van der Waals surface area contributed by atoms with Crippen molar-refractivity contribution < 1.29 is 4.79 Å². The molecule has 2 N–H and O–H groups in total. The predicted molar refractivity (Wildman–Crippen MR) is 82.8 cm³/mol. The molecule has 3 rings (SSSR count). The molecule has 1 aromatic carbocycles. The maximum atomic E-state index is 12.3. The number of carbonyl (C=O) groups is 1. The number of fused-ring (bicyclic) bond motifs is 1. The van der Waals surface area contributed by atoms with Crippen LogP contribution in [0.3, 0.4) is 0 Å². The number of hydrogen-bond acceptors (Lipinski definition) is 3. The summed E-state index contributed by atoms with van der Waals surface area (Å²) in [5.41, 5.74) is 7.68. The molecular formula is C16H22N4O. The molecule has 5 heteroatoms. The third kappa shape index (κ3) is 2.42. The maximum absolute atomic E-state index is 12.3. The van der Waals surface area contributed by atoms with Gasteiger partial charge in [-0.25, -0.2) is 4.98 Å². The number of aryl methyl sites for hydroxylation is 1. The molecule has 2 aromatic rings. The number of benzene rings is 1. The zero-order valence-corrected chi connectivity index (χ0v) is 12.5. The molecule has 1 unspecified atom stereocenters. The molecule has 1 aliphatic rings. The molecule has 0 aliphatic carbocycles. The van der Waals surface area contributed by atoms with E-state index in [9.17, 15) is 4.79 Å². The summed E-state index contributed by atoms with van der Waals surface area (Å²) in [5, 5.41) is 0. The standard InChI is InChI=1S/C16H22N4O/c1-2-19-13-7-4-3-6-12(13)18-16(19)14-8-5-11-20(14)15(21)9-10-17/h3-4,6-7,14H,2,5,8-11,17H2,1H3. The van der Waals surface area contributed by atoms with Crippen molar-refractivity contribution in [3.8, 4) is 0 Å². The van der Waals surface area contributed by atoms with E-state index in [1.54, 1.807) is 0 Å². The van der Waals surface area contributed by atoms with E-state index < -0.39 is 0 Å². The van der Waals surface area contributed by atoms with Crippen molar-refractivity contribution in [2.75, 3.05) is 13.1 Å². The van der Waals surface area contributed by atoms with Crippen LogP contribution < -0.4 is 5.73 Å². The topological polar surface area (TPSA) is 64.2 Å². The van der Waals surface area contributed by atoms with Crippen LogP contribution >= 0.6 is 0 Å². The number of nitrogens with two attached hydrogens (primary N) is 1.